The Morgan fingerprint density at radius 1 is 1.02 bits per heavy atom. The zero-order valence-corrected chi connectivity index (χ0v) is 23.4. The molecule has 10 nitrogen and oxygen atoms in total. The van der Waals surface area contributed by atoms with Crippen LogP contribution in [-0.2, 0) is 20.9 Å². The van der Waals surface area contributed by atoms with Crippen molar-refractivity contribution in [3.63, 3.8) is 0 Å². The normalized spacial score (nSPS) is 18.8. The van der Waals surface area contributed by atoms with Crippen LogP contribution in [0.5, 0.6) is 5.75 Å². The van der Waals surface area contributed by atoms with E-state index in [1.54, 1.807) is 31.2 Å². The van der Waals surface area contributed by atoms with Crippen molar-refractivity contribution in [2.45, 2.75) is 26.0 Å². The van der Waals surface area contributed by atoms with E-state index in [9.17, 15) is 24.8 Å². The number of nitro benzene ring substituents is 1. The maximum atomic E-state index is 13.4. The number of aliphatic hydroxyl groups is 1. The molecule has 1 atom stereocenters. The first-order chi connectivity index (χ1) is 20.3. The van der Waals surface area contributed by atoms with Gasteiger partial charge in [-0.1, -0.05) is 42.5 Å². The number of carbonyl (C=O) groups excluding carboxylic acids is 2. The molecule has 2 fully saturated rings. The van der Waals surface area contributed by atoms with Crippen LogP contribution in [0.1, 0.15) is 34.7 Å². The number of hydrogen-bond acceptors (Lipinski definition) is 8. The molecule has 3 aromatic carbocycles. The predicted molar refractivity (Wildman–Crippen MR) is 156 cm³/mol. The molecule has 1 amide bonds. The van der Waals surface area contributed by atoms with Gasteiger partial charge in [-0.15, -0.1) is 0 Å². The summed E-state index contributed by atoms with van der Waals surface area (Å²) in [5.74, 6) is -1.30. The number of rotatable bonds is 10. The molecule has 1 unspecified atom stereocenters. The maximum absolute atomic E-state index is 13.4. The van der Waals surface area contributed by atoms with Crippen LogP contribution >= 0.6 is 0 Å². The number of hydrogen-bond donors (Lipinski definition) is 1. The molecule has 0 aliphatic carbocycles. The number of aryl methyl sites for hydroxylation is 1. The lowest BCUT2D eigenvalue weighted by Crippen LogP contribution is -2.39. The van der Waals surface area contributed by atoms with Gasteiger partial charge in [0.1, 0.15) is 18.1 Å². The lowest BCUT2D eigenvalue weighted by molar-refractivity contribution is -0.384. The quantitative estimate of drug-likeness (QED) is 0.123. The predicted octanol–water partition coefficient (Wildman–Crippen LogP) is 4.63. The lowest BCUT2D eigenvalue weighted by atomic mass is 9.93. The number of amides is 1. The zero-order chi connectivity index (χ0) is 29.6. The summed E-state index contributed by atoms with van der Waals surface area (Å²) >= 11 is 0. The highest BCUT2D eigenvalue weighted by Crippen LogP contribution is 2.41. The Hall–Kier alpha value is -4.54. The highest BCUT2D eigenvalue weighted by Gasteiger charge is 2.46. The third-order valence-electron chi connectivity index (χ3n) is 7.62. The summed E-state index contributed by atoms with van der Waals surface area (Å²) in [6, 6.07) is 19.7. The van der Waals surface area contributed by atoms with Crippen LogP contribution in [0.2, 0.25) is 0 Å². The second kappa shape index (κ2) is 13.0. The van der Waals surface area contributed by atoms with Crippen molar-refractivity contribution in [1.29, 1.82) is 0 Å². The van der Waals surface area contributed by atoms with E-state index in [0.717, 1.165) is 18.7 Å². The highest BCUT2D eigenvalue weighted by atomic mass is 16.6. The summed E-state index contributed by atoms with van der Waals surface area (Å²) in [6.45, 7) is 5.98. The standard InChI is InChI=1S/C32H33N3O7/c1-22-19-26(42-21-23-7-3-2-4-8-23)11-12-27(22)30(36)28-29(24-9-5-10-25(20-24)35(39)40)34(32(38)31(28)37)14-6-13-33-15-17-41-18-16-33/h2-5,7-12,19-20,29,36H,6,13-18,21H2,1H3/b30-28+. The van der Waals surface area contributed by atoms with E-state index in [4.69, 9.17) is 9.47 Å². The second-order valence-corrected chi connectivity index (χ2v) is 10.4. The number of non-ortho nitro benzene ring substituents is 1. The molecule has 218 valence electrons. The number of morpholine rings is 1. The highest BCUT2D eigenvalue weighted by molar-refractivity contribution is 6.46. The SMILES string of the molecule is Cc1cc(OCc2ccccc2)ccc1/C(O)=C1\C(=O)C(=O)N(CCCN2CCOCC2)C1c1cccc([N+](=O)[O-])c1. The van der Waals surface area contributed by atoms with Crippen molar-refractivity contribution < 1.29 is 29.1 Å². The van der Waals surface area contributed by atoms with Crippen molar-refractivity contribution >= 4 is 23.1 Å². The first-order valence-electron chi connectivity index (χ1n) is 13.9. The van der Waals surface area contributed by atoms with Crippen molar-refractivity contribution in [3.8, 4) is 5.75 Å². The van der Waals surface area contributed by atoms with E-state index < -0.39 is 22.7 Å². The Labute approximate surface area is 243 Å². The first-order valence-corrected chi connectivity index (χ1v) is 13.9. The Balaban J connectivity index is 1.46. The van der Waals surface area contributed by atoms with Gasteiger partial charge < -0.3 is 19.5 Å². The van der Waals surface area contributed by atoms with Gasteiger partial charge in [-0.2, -0.15) is 0 Å². The molecule has 3 aromatic rings. The van der Waals surface area contributed by atoms with E-state index in [0.29, 0.717) is 55.2 Å². The lowest BCUT2D eigenvalue weighted by Gasteiger charge is -2.29. The number of ether oxygens (including phenoxy) is 2. The Morgan fingerprint density at radius 2 is 1.79 bits per heavy atom. The molecule has 5 rings (SSSR count). The third kappa shape index (κ3) is 6.35. The van der Waals surface area contributed by atoms with Crippen LogP contribution in [0, 0.1) is 17.0 Å². The fraction of sp³-hybridized carbons (Fsp3) is 0.312. The van der Waals surface area contributed by atoms with Gasteiger partial charge >= 0.3 is 0 Å². The number of ketones is 1. The monoisotopic (exact) mass is 571 g/mol. The van der Waals surface area contributed by atoms with Crippen molar-refractivity contribution in [3.05, 3.63) is 111 Å². The number of carbonyl (C=O) groups is 2. The molecule has 2 heterocycles. The number of aliphatic hydroxyl groups excluding tert-OH is 1. The molecular formula is C32H33N3O7. The molecule has 2 aliphatic heterocycles. The van der Waals surface area contributed by atoms with Crippen LogP contribution in [0.4, 0.5) is 5.69 Å². The van der Waals surface area contributed by atoms with Crippen LogP contribution in [0.25, 0.3) is 5.76 Å². The van der Waals surface area contributed by atoms with Gasteiger partial charge in [0.05, 0.1) is 29.8 Å². The summed E-state index contributed by atoms with van der Waals surface area (Å²) < 4.78 is 11.3. The molecule has 0 saturated carbocycles. The topological polar surface area (TPSA) is 122 Å². The van der Waals surface area contributed by atoms with Crippen LogP contribution in [0.3, 0.4) is 0 Å². The van der Waals surface area contributed by atoms with Gasteiger partial charge in [-0.05, 0) is 48.2 Å². The summed E-state index contributed by atoms with van der Waals surface area (Å²) in [6.07, 6.45) is 0.588. The number of nitro groups is 1. The van der Waals surface area contributed by atoms with E-state index in [-0.39, 0.29) is 23.6 Å². The van der Waals surface area contributed by atoms with Gasteiger partial charge in [-0.25, -0.2) is 0 Å². The molecule has 2 saturated heterocycles. The summed E-state index contributed by atoms with van der Waals surface area (Å²) in [5.41, 5.74) is 2.16. The van der Waals surface area contributed by atoms with Crippen LogP contribution < -0.4 is 4.74 Å². The first kappa shape index (κ1) is 29.0. The molecule has 10 heteroatoms. The van der Waals surface area contributed by atoms with Crippen LogP contribution in [0.15, 0.2) is 78.4 Å². The number of Topliss-reactive ketones (excluding diaryl/α,β-unsaturated/α-hetero) is 1. The molecule has 0 radical (unpaired) electrons. The van der Waals surface area contributed by atoms with E-state index >= 15 is 0 Å². The van der Waals surface area contributed by atoms with E-state index in [2.05, 4.69) is 4.90 Å². The smallest absolute Gasteiger partial charge is 0.295 e. The summed E-state index contributed by atoms with van der Waals surface area (Å²) in [5, 5.41) is 23.1. The van der Waals surface area contributed by atoms with Crippen molar-refractivity contribution in [2.24, 2.45) is 0 Å². The Kier molecular flexibility index (Phi) is 8.94. The average molecular weight is 572 g/mol. The molecule has 0 bridgehead atoms. The molecule has 0 spiro atoms. The summed E-state index contributed by atoms with van der Waals surface area (Å²) in [4.78, 5) is 41.5. The fourth-order valence-corrected chi connectivity index (χ4v) is 5.43. The average Bonchev–Trinajstić information content (AvgIpc) is 3.26. The number of nitrogens with zero attached hydrogens (tertiary/aromatic N) is 3. The minimum Gasteiger partial charge on any atom is -0.507 e. The summed E-state index contributed by atoms with van der Waals surface area (Å²) in [7, 11) is 0. The molecule has 1 N–H and O–H groups in total. The Bertz CT molecular complexity index is 1500. The molecule has 42 heavy (non-hydrogen) atoms. The van der Waals surface area contributed by atoms with Crippen LogP contribution in [-0.4, -0.2) is 70.9 Å². The van der Waals surface area contributed by atoms with Gasteiger partial charge in [-0.3, -0.25) is 24.6 Å². The van der Waals surface area contributed by atoms with Gasteiger partial charge in [0, 0.05) is 43.9 Å². The van der Waals surface area contributed by atoms with Gasteiger partial charge in [0.15, 0.2) is 0 Å². The van der Waals surface area contributed by atoms with Crippen molar-refractivity contribution in [1.82, 2.24) is 9.80 Å². The number of likely N-dealkylation sites (tertiary alicyclic amines) is 1. The second-order valence-electron chi connectivity index (χ2n) is 10.4. The largest absolute Gasteiger partial charge is 0.507 e. The minimum absolute atomic E-state index is 0.0899. The van der Waals surface area contributed by atoms with Gasteiger partial charge in [0.25, 0.3) is 17.4 Å². The Morgan fingerprint density at radius 3 is 2.50 bits per heavy atom. The molecule has 2 aliphatic rings. The zero-order valence-electron chi connectivity index (χ0n) is 23.4. The fourth-order valence-electron chi connectivity index (χ4n) is 5.43. The third-order valence-corrected chi connectivity index (χ3v) is 7.62. The van der Waals surface area contributed by atoms with E-state index in [1.807, 2.05) is 30.3 Å². The van der Waals surface area contributed by atoms with E-state index in [1.165, 1.54) is 23.1 Å². The maximum Gasteiger partial charge on any atom is 0.295 e. The molecular weight excluding hydrogens is 538 g/mol. The minimum atomic E-state index is -0.969. The van der Waals surface area contributed by atoms with Crippen molar-refractivity contribution in [2.75, 3.05) is 39.4 Å². The number of benzene rings is 3. The molecule has 0 aromatic heterocycles. The van der Waals surface area contributed by atoms with Gasteiger partial charge in [0.2, 0.25) is 0 Å².